The first kappa shape index (κ1) is 18.5. The number of aryl methyl sites for hydroxylation is 1. The Kier molecular flexibility index (Phi) is 6.05. The highest BCUT2D eigenvalue weighted by Gasteiger charge is 2.07. The summed E-state index contributed by atoms with van der Waals surface area (Å²) in [6.07, 6.45) is 1.75. The maximum Gasteiger partial charge on any atom is 0.263 e. The molecule has 0 radical (unpaired) electrons. The molecule has 0 fully saturated rings. The summed E-state index contributed by atoms with van der Waals surface area (Å²) < 4.78 is 5.48. The molecule has 5 heteroatoms. The minimum Gasteiger partial charge on any atom is -0.484 e. The number of amides is 1. The number of pyridine rings is 1. The van der Waals surface area contributed by atoms with E-state index < -0.39 is 0 Å². The molecule has 0 unspecified atom stereocenters. The highest BCUT2D eigenvalue weighted by molar-refractivity contribution is 5.91. The molecule has 2 aromatic carbocycles. The number of nitrogens with one attached hydrogen (secondary N) is 1. The lowest BCUT2D eigenvalue weighted by Crippen LogP contribution is -2.21. The quantitative estimate of drug-likeness (QED) is 0.690. The van der Waals surface area contributed by atoms with Gasteiger partial charge in [0.25, 0.3) is 5.91 Å². The second-order valence-electron chi connectivity index (χ2n) is 6.39. The molecule has 0 aliphatic rings. The van der Waals surface area contributed by atoms with Gasteiger partial charge in [0.1, 0.15) is 11.6 Å². The summed E-state index contributed by atoms with van der Waals surface area (Å²) in [6.45, 7) is 2.74. The van der Waals surface area contributed by atoms with Gasteiger partial charge in [-0.15, -0.1) is 0 Å². The van der Waals surface area contributed by atoms with E-state index in [1.165, 1.54) is 5.56 Å². The van der Waals surface area contributed by atoms with Crippen LogP contribution >= 0.6 is 0 Å². The number of carbonyl (C=O) groups is 1. The Morgan fingerprint density at radius 3 is 2.44 bits per heavy atom. The highest BCUT2D eigenvalue weighted by Crippen LogP contribution is 2.16. The van der Waals surface area contributed by atoms with Gasteiger partial charge in [-0.3, -0.25) is 4.79 Å². The molecular formula is C22H23N3O2. The molecule has 0 atom stereocenters. The van der Waals surface area contributed by atoms with Crippen molar-refractivity contribution >= 4 is 17.4 Å². The van der Waals surface area contributed by atoms with E-state index in [9.17, 15) is 4.79 Å². The summed E-state index contributed by atoms with van der Waals surface area (Å²) in [7, 11) is 2.01. The molecule has 1 heterocycles. The minimum absolute atomic E-state index is 0.0552. The van der Waals surface area contributed by atoms with E-state index >= 15 is 0 Å². The third kappa shape index (κ3) is 5.57. The average Bonchev–Trinajstić information content (AvgIpc) is 2.69. The van der Waals surface area contributed by atoms with Gasteiger partial charge in [0.2, 0.25) is 0 Å². The Labute approximate surface area is 159 Å². The first-order valence-electron chi connectivity index (χ1n) is 8.80. The van der Waals surface area contributed by atoms with Crippen LogP contribution in [0.5, 0.6) is 5.75 Å². The van der Waals surface area contributed by atoms with Crippen molar-refractivity contribution in [2.75, 3.05) is 23.9 Å². The number of rotatable bonds is 7. The summed E-state index contributed by atoms with van der Waals surface area (Å²) in [5, 5.41) is 2.75. The lowest BCUT2D eigenvalue weighted by atomic mass is 10.2. The summed E-state index contributed by atoms with van der Waals surface area (Å²) in [4.78, 5) is 18.5. The zero-order chi connectivity index (χ0) is 19.1. The fourth-order valence-corrected chi connectivity index (χ4v) is 2.60. The van der Waals surface area contributed by atoms with Crippen LogP contribution in [0.3, 0.4) is 0 Å². The molecule has 5 nitrogen and oxygen atoms in total. The SMILES string of the molecule is Cc1ccc(OCC(=O)Nc2ccc(N(C)Cc3ccccc3)cn2)cc1. The van der Waals surface area contributed by atoms with Crippen molar-refractivity contribution in [3.63, 3.8) is 0 Å². The van der Waals surface area contributed by atoms with Crippen molar-refractivity contribution in [1.82, 2.24) is 4.98 Å². The topological polar surface area (TPSA) is 54.5 Å². The second-order valence-corrected chi connectivity index (χ2v) is 6.39. The number of hydrogen-bond acceptors (Lipinski definition) is 4. The number of hydrogen-bond donors (Lipinski definition) is 1. The third-order valence-electron chi connectivity index (χ3n) is 4.11. The average molecular weight is 361 g/mol. The fraction of sp³-hybridized carbons (Fsp3) is 0.182. The number of ether oxygens (including phenoxy) is 1. The van der Waals surface area contributed by atoms with Crippen molar-refractivity contribution in [3.05, 3.63) is 84.1 Å². The first-order chi connectivity index (χ1) is 13.1. The van der Waals surface area contributed by atoms with Gasteiger partial charge >= 0.3 is 0 Å². The van der Waals surface area contributed by atoms with Crippen LogP contribution in [0.4, 0.5) is 11.5 Å². The predicted molar refractivity (Wildman–Crippen MR) is 108 cm³/mol. The van der Waals surface area contributed by atoms with E-state index in [1.54, 1.807) is 12.3 Å². The molecule has 0 aliphatic heterocycles. The second kappa shape index (κ2) is 8.85. The van der Waals surface area contributed by atoms with Gasteiger partial charge in [0.15, 0.2) is 6.61 Å². The lowest BCUT2D eigenvalue weighted by Gasteiger charge is -2.19. The van der Waals surface area contributed by atoms with E-state index in [1.807, 2.05) is 62.5 Å². The van der Waals surface area contributed by atoms with Crippen LogP contribution < -0.4 is 15.0 Å². The van der Waals surface area contributed by atoms with Gasteiger partial charge < -0.3 is 15.0 Å². The Bertz CT molecular complexity index is 862. The van der Waals surface area contributed by atoms with E-state index in [2.05, 4.69) is 27.3 Å². The molecule has 3 rings (SSSR count). The Hall–Kier alpha value is -3.34. The van der Waals surface area contributed by atoms with E-state index in [4.69, 9.17) is 4.74 Å². The van der Waals surface area contributed by atoms with Gasteiger partial charge in [-0.05, 0) is 36.8 Å². The summed E-state index contributed by atoms with van der Waals surface area (Å²) >= 11 is 0. The molecule has 138 valence electrons. The number of anilines is 2. The summed E-state index contributed by atoms with van der Waals surface area (Å²) in [5.41, 5.74) is 3.35. The normalized spacial score (nSPS) is 10.3. The molecule has 0 bridgehead atoms. The minimum atomic E-state index is -0.242. The van der Waals surface area contributed by atoms with E-state index in [0.29, 0.717) is 11.6 Å². The Morgan fingerprint density at radius 2 is 1.78 bits per heavy atom. The Balaban J connectivity index is 1.50. The maximum absolute atomic E-state index is 12.0. The molecule has 1 aromatic heterocycles. The standard InChI is InChI=1S/C22H23N3O2/c1-17-8-11-20(12-9-17)27-16-22(26)24-21-13-10-19(14-23-21)25(2)15-18-6-4-3-5-7-18/h3-14H,15-16H2,1-2H3,(H,23,24,26). The predicted octanol–water partition coefficient (Wildman–Crippen LogP) is 4.04. The monoisotopic (exact) mass is 361 g/mol. The van der Waals surface area contributed by atoms with Gasteiger partial charge in [-0.1, -0.05) is 48.0 Å². The molecule has 0 saturated heterocycles. The van der Waals surface area contributed by atoms with Gasteiger partial charge in [-0.2, -0.15) is 0 Å². The number of benzene rings is 2. The van der Waals surface area contributed by atoms with Gasteiger partial charge in [0, 0.05) is 13.6 Å². The molecule has 1 N–H and O–H groups in total. The van der Waals surface area contributed by atoms with Crippen LogP contribution in [0.1, 0.15) is 11.1 Å². The zero-order valence-corrected chi connectivity index (χ0v) is 15.6. The molecular weight excluding hydrogens is 338 g/mol. The van der Waals surface area contributed by atoms with Crippen LogP contribution in [-0.4, -0.2) is 24.5 Å². The van der Waals surface area contributed by atoms with E-state index in [-0.39, 0.29) is 12.5 Å². The van der Waals surface area contributed by atoms with Crippen LogP contribution in [0.15, 0.2) is 72.9 Å². The van der Waals surface area contributed by atoms with Crippen molar-refractivity contribution in [1.29, 1.82) is 0 Å². The first-order valence-corrected chi connectivity index (χ1v) is 8.80. The molecule has 1 amide bonds. The van der Waals surface area contributed by atoms with Gasteiger partial charge in [0.05, 0.1) is 11.9 Å². The van der Waals surface area contributed by atoms with Crippen LogP contribution in [0.25, 0.3) is 0 Å². The fourth-order valence-electron chi connectivity index (χ4n) is 2.60. The van der Waals surface area contributed by atoms with Crippen molar-refractivity contribution in [2.24, 2.45) is 0 Å². The van der Waals surface area contributed by atoms with Crippen molar-refractivity contribution < 1.29 is 9.53 Å². The van der Waals surface area contributed by atoms with Crippen molar-refractivity contribution in [2.45, 2.75) is 13.5 Å². The van der Waals surface area contributed by atoms with Crippen LogP contribution in [0.2, 0.25) is 0 Å². The Morgan fingerprint density at radius 1 is 1.04 bits per heavy atom. The maximum atomic E-state index is 12.0. The molecule has 0 saturated carbocycles. The highest BCUT2D eigenvalue weighted by atomic mass is 16.5. The number of aromatic nitrogens is 1. The number of carbonyl (C=O) groups excluding carboxylic acids is 1. The zero-order valence-electron chi connectivity index (χ0n) is 15.6. The van der Waals surface area contributed by atoms with Crippen LogP contribution in [-0.2, 0) is 11.3 Å². The summed E-state index contributed by atoms with van der Waals surface area (Å²) in [6, 6.07) is 21.5. The smallest absolute Gasteiger partial charge is 0.263 e. The van der Waals surface area contributed by atoms with Gasteiger partial charge in [-0.25, -0.2) is 4.98 Å². The molecule has 0 aliphatic carbocycles. The largest absolute Gasteiger partial charge is 0.484 e. The van der Waals surface area contributed by atoms with Crippen LogP contribution in [0, 0.1) is 6.92 Å². The molecule has 3 aromatic rings. The lowest BCUT2D eigenvalue weighted by molar-refractivity contribution is -0.118. The number of nitrogens with zero attached hydrogens (tertiary/aromatic N) is 2. The summed E-state index contributed by atoms with van der Waals surface area (Å²) in [5.74, 6) is 0.930. The molecule has 0 spiro atoms. The third-order valence-corrected chi connectivity index (χ3v) is 4.11. The molecule has 27 heavy (non-hydrogen) atoms. The van der Waals surface area contributed by atoms with Crippen molar-refractivity contribution in [3.8, 4) is 5.75 Å². The van der Waals surface area contributed by atoms with E-state index in [0.717, 1.165) is 17.8 Å².